The second-order valence-corrected chi connectivity index (χ2v) is 5.80. The summed E-state index contributed by atoms with van der Waals surface area (Å²) in [6.45, 7) is 6.02. The fourth-order valence-corrected chi connectivity index (χ4v) is 3.52. The third-order valence-electron chi connectivity index (χ3n) is 3.46. The minimum Gasteiger partial charge on any atom is -0.299 e. The zero-order valence-electron chi connectivity index (χ0n) is 9.65. The fraction of sp³-hybridized carbons (Fsp3) is 0.429. The van der Waals surface area contributed by atoms with Gasteiger partial charge in [-0.25, -0.2) is 0 Å². The normalized spacial score (nSPS) is 21.9. The molecule has 1 aliphatic rings. The molecule has 0 unspecified atom stereocenters. The van der Waals surface area contributed by atoms with Crippen LogP contribution < -0.4 is 0 Å². The highest BCUT2D eigenvalue weighted by atomic mass is 32.1. The van der Waals surface area contributed by atoms with E-state index in [4.69, 9.17) is 0 Å². The van der Waals surface area contributed by atoms with Crippen LogP contribution in [0.15, 0.2) is 29.6 Å². The van der Waals surface area contributed by atoms with Crippen molar-refractivity contribution in [3.05, 3.63) is 35.2 Å². The van der Waals surface area contributed by atoms with Crippen LogP contribution >= 0.6 is 11.3 Å². The Morgan fingerprint density at radius 3 is 3.06 bits per heavy atom. The SMILES string of the molecule is C[C@@H]1CCN(Cc2csc3ccccc23)C1. The molecule has 2 aromatic rings. The van der Waals surface area contributed by atoms with Crippen molar-refractivity contribution < 1.29 is 0 Å². The maximum absolute atomic E-state index is 2.58. The molecule has 0 bridgehead atoms. The Balaban J connectivity index is 1.84. The molecule has 2 heteroatoms. The van der Waals surface area contributed by atoms with Gasteiger partial charge in [0.2, 0.25) is 0 Å². The van der Waals surface area contributed by atoms with Crippen LogP contribution in [0.1, 0.15) is 18.9 Å². The van der Waals surface area contributed by atoms with Crippen molar-refractivity contribution in [3.8, 4) is 0 Å². The molecule has 0 amide bonds. The third-order valence-corrected chi connectivity index (χ3v) is 4.48. The summed E-state index contributed by atoms with van der Waals surface area (Å²) in [6, 6.07) is 8.74. The monoisotopic (exact) mass is 231 g/mol. The van der Waals surface area contributed by atoms with Gasteiger partial charge in [-0.15, -0.1) is 11.3 Å². The lowest BCUT2D eigenvalue weighted by molar-refractivity contribution is 0.322. The molecule has 0 aliphatic carbocycles. The van der Waals surface area contributed by atoms with Gasteiger partial charge in [0.05, 0.1) is 0 Å². The summed E-state index contributed by atoms with van der Waals surface area (Å²) in [4.78, 5) is 2.58. The van der Waals surface area contributed by atoms with E-state index in [1.54, 1.807) is 0 Å². The molecule has 1 aliphatic heterocycles. The van der Waals surface area contributed by atoms with Gasteiger partial charge >= 0.3 is 0 Å². The fourth-order valence-electron chi connectivity index (χ4n) is 2.57. The number of nitrogens with zero attached hydrogens (tertiary/aromatic N) is 1. The molecule has 0 N–H and O–H groups in total. The molecule has 1 aromatic heterocycles. The minimum absolute atomic E-state index is 0.880. The van der Waals surface area contributed by atoms with E-state index in [9.17, 15) is 0 Å². The van der Waals surface area contributed by atoms with Crippen molar-refractivity contribution in [2.24, 2.45) is 5.92 Å². The van der Waals surface area contributed by atoms with Crippen molar-refractivity contribution in [2.45, 2.75) is 19.9 Å². The molecule has 0 radical (unpaired) electrons. The highest BCUT2D eigenvalue weighted by molar-refractivity contribution is 7.17. The lowest BCUT2D eigenvalue weighted by Gasteiger charge is -2.14. The summed E-state index contributed by atoms with van der Waals surface area (Å²) in [5, 5.41) is 3.78. The highest BCUT2D eigenvalue weighted by Gasteiger charge is 2.19. The van der Waals surface area contributed by atoms with Crippen LogP contribution in [0.2, 0.25) is 0 Å². The van der Waals surface area contributed by atoms with Crippen LogP contribution in [0, 0.1) is 5.92 Å². The quantitative estimate of drug-likeness (QED) is 0.761. The Morgan fingerprint density at radius 1 is 1.38 bits per heavy atom. The Labute approximate surface area is 101 Å². The molecular formula is C14H17NS. The van der Waals surface area contributed by atoms with Gasteiger partial charge < -0.3 is 0 Å². The standard InChI is InChI=1S/C14H17NS/c1-11-6-7-15(8-11)9-12-10-16-14-5-3-2-4-13(12)14/h2-5,10-11H,6-9H2,1H3/t11-/m1/s1. The number of likely N-dealkylation sites (tertiary alicyclic amines) is 1. The summed E-state index contributed by atoms with van der Waals surface area (Å²) in [6.07, 6.45) is 1.36. The molecule has 16 heavy (non-hydrogen) atoms. The van der Waals surface area contributed by atoms with Gasteiger partial charge in [-0.2, -0.15) is 0 Å². The maximum atomic E-state index is 2.58. The Kier molecular flexibility index (Phi) is 2.70. The second-order valence-electron chi connectivity index (χ2n) is 4.89. The van der Waals surface area contributed by atoms with Crippen LogP contribution in [-0.2, 0) is 6.54 Å². The summed E-state index contributed by atoms with van der Waals surface area (Å²) in [7, 11) is 0. The molecule has 1 aromatic carbocycles. The second kappa shape index (κ2) is 4.19. The molecule has 1 atom stereocenters. The molecule has 1 nitrogen and oxygen atoms in total. The van der Waals surface area contributed by atoms with Gasteiger partial charge in [0.15, 0.2) is 0 Å². The maximum Gasteiger partial charge on any atom is 0.0346 e. The van der Waals surface area contributed by atoms with E-state index in [2.05, 4.69) is 41.5 Å². The molecule has 0 saturated carbocycles. The minimum atomic E-state index is 0.880. The summed E-state index contributed by atoms with van der Waals surface area (Å²) in [5.74, 6) is 0.880. The van der Waals surface area contributed by atoms with Crippen molar-refractivity contribution in [3.63, 3.8) is 0 Å². The summed E-state index contributed by atoms with van der Waals surface area (Å²) >= 11 is 1.87. The number of rotatable bonds is 2. The van der Waals surface area contributed by atoms with Gasteiger partial charge in [0.25, 0.3) is 0 Å². The molecule has 2 heterocycles. The summed E-state index contributed by atoms with van der Waals surface area (Å²) < 4.78 is 1.42. The van der Waals surface area contributed by atoms with Gasteiger partial charge in [0.1, 0.15) is 0 Å². The lowest BCUT2D eigenvalue weighted by atomic mass is 10.1. The first-order valence-corrected chi connectivity index (χ1v) is 6.88. The van der Waals surface area contributed by atoms with E-state index in [0.29, 0.717) is 0 Å². The number of fused-ring (bicyclic) bond motifs is 1. The lowest BCUT2D eigenvalue weighted by Crippen LogP contribution is -2.19. The zero-order valence-corrected chi connectivity index (χ0v) is 10.5. The van der Waals surface area contributed by atoms with Crippen LogP contribution in [0.5, 0.6) is 0 Å². The molecule has 1 saturated heterocycles. The zero-order chi connectivity index (χ0) is 11.0. The van der Waals surface area contributed by atoms with Gasteiger partial charge in [-0.05, 0) is 41.3 Å². The first-order valence-electron chi connectivity index (χ1n) is 6.00. The van der Waals surface area contributed by atoms with Crippen molar-refractivity contribution >= 4 is 21.4 Å². The average molecular weight is 231 g/mol. The molecule has 3 rings (SSSR count). The van der Waals surface area contributed by atoms with Crippen molar-refractivity contribution in [2.75, 3.05) is 13.1 Å². The van der Waals surface area contributed by atoms with E-state index >= 15 is 0 Å². The largest absolute Gasteiger partial charge is 0.299 e. The number of hydrogen-bond donors (Lipinski definition) is 0. The number of benzene rings is 1. The molecule has 0 spiro atoms. The Bertz CT molecular complexity index is 488. The van der Waals surface area contributed by atoms with Crippen molar-refractivity contribution in [1.82, 2.24) is 4.90 Å². The van der Waals surface area contributed by atoms with E-state index in [0.717, 1.165) is 12.5 Å². The van der Waals surface area contributed by atoms with Gasteiger partial charge in [-0.1, -0.05) is 25.1 Å². The first kappa shape index (κ1) is 10.3. The number of hydrogen-bond acceptors (Lipinski definition) is 2. The average Bonchev–Trinajstić information content (AvgIpc) is 2.87. The van der Waals surface area contributed by atoms with Crippen molar-refractivity contribution in [1.29, 1.82) is 0 Å². The highest BCUT2D eigenvalue weighted by Crippen LogP contribution is 2.28. The molecular weight excluding hydrogens is 214 g/mol. The summed E-state index contributed by atoms with van der Waals surface area (Å²) in [5.41, 5.74) is 1.51. The Hall–Kier alpha value is -0.860. The Morgan fingerprint density at radius 2 is 2.25 bits per heavy atom. The van der Waals surface area contributed by atoms with Crippen LogP contribution in [0.3, 0.4) is 0 Å². The van der Waals surface area contributed by atoms with Crippen LogP contribution in [-0.4, -0.2) is 18.0 Å². The predicted octanol–water partition coefficient (Wildman–Crippen LogP) is 3.74. The van der Waals surface area contributed by atoms with Crippen LogP contribution in [0.25, 0.3) is 10.1 Å². The van der Waals surface area contributed by atoms with Gasteiger partial charge in [0, 0.05) is 17.8 Å². The van der Waals surface area contributed by atoms with E-state index in [1.165, 1.54) is 35.2 Å². The van der Waals surface area contributed by atoms with Gasteiger partial charge in [-0.3, -0.25) is 4.90 Å². The smallest absolute Gasteiger partial charge is 0.0346 e. The van der Waals surface area contributed by atoms with E-state index in [1.807, 2.05) is 11.3 Å². The van der Waals surface area contributed by atoms with E-state index in [-0.39, 0.29) is 0 Å². The van der Waals surface area contributed by atoms with Crippen LogP contribution in [0.4, 0.5) is 0 Å². The first-order chi connectivity index (χ1) is 7.83. The molecule has 84 valence electrons. The topological polar surface area (TPSA) is 3.24 Å². The number of thiophene rings is 1. The van der Waals surface area contributed by atoms with E-state index < -0.39 is 0 Å². The molecule has 1 fully saturated rings. The predicted molar refractivity (Wildman–Crippen MR) is 70.9 cm³/mol. The third kappa shape index (κ3) is 1.87.